The van der Waals surface area contributed by atoms with Crippen molar-refractivity contribution in [2.45, 2.75) is 37.7 Å². The summed E-state index contributed by atoms with van der Waals surface area (Å²) in [4.78, 5) is 11.6. The van der Waals surface area contributed by atoms with Crippen LogP contribution in [0.5, 0.6) is 0 Å². The van der Waals surface area contributed by atoms with Gasteiger partial charge in [-0.25, -0.2) is 0 Å². The lowest BCUT2D eigenvalue weighted by molar-refractivity contribution is -0.156. The van der Waals surface area contributed by atoms with Crippen LogP contribution in [0.25, 0.3) is 0 Å². The minimum absolute atomic E-state index is 0.0779. The second kappa shape index (κ2) is 5.61. The number of nitrogens with one attached hydrogen (secondary N) is 1. The predicted molar refractivity (Wildman–Crippen MR) is 62.2 cm³/mol. The normalized spacial score (nSPS) is 23.3. The number of carbonyl (C=O) groups is 1. The zero-order chi connectivity index (χ0) is 13.9. The van der Waals surface area contributed by atoms with Crippen molar-refractivity contribution in [3.63, 3.8) is 0 Å². The molecular weight excluding hydrogens is 259 g/mol. The van der Waals surface area contributed by atoms with Crippen LogP contribution in [-0.2, 0) is 16.1 Å². The number of carbonyl (C=O) groups excluding carboxylic acids is 1. The van der Waals surface area contributed by atoms with Gasteiger partial charge in [0.1, 0.15) is 18.7 Å². The quantitative estimate of drug-likeness (QED) is 0.859. The van der Waals surface area contributed by atoms with Crippen LogP contribution in [0.4, 0.5) is 13.2 Å². The Morgan fingerprint density at radius 3 is 2.53 bits per heavy atom. The van der Waals surface area contributed by atoms with Crippen LogP contribution >= 0.6 is 0 Å². The van der Waals surface area contributed by atoms with Crippen molar-refractivity contribution >= 4 is 5.97 Å². The van der Waals surface area contributed by atoms with E-state index in [1.165, 1.54) is 0 Å². The largest absolute Gasteiger partial charge is 0.460 e. The number of benzene rings is 1. The Hall–Kier alpha value is -1.56. The third kappa shape index (κ3) is 3.70. The van der Waals surface area contributed by atoms with E-state index >= 15 is 0 Å². The Balaban J connectivity index is 1.82. The summed E-state index contributed by atoms with van der Waals surface area (Å²) in [5.74, 6) is -0.629. The van der Waals surface area contributed by atoms with Gasteiger partial charge in [-0.05, 0) is 18.4 Å². The number of ether oxygens (including phenoxy) is 1. The zero-order valence-corrected chi connectivity index (χ0v) is 10.1. The lowest BCUT2D eigenvalue weighted by atomic mass is 10.2. The third-order valence-corrected chi connectivity index (χ3v) is 3.05. The first-order valence-corrected chi connectivity index (χ1v) is 6.00. The molecule has 2 atom stereocenters. The number of rotatable bonds is 3. The molecule has 1 aliphatic heterocycles. The van der Waals surface area contributed by atoms with E-state index in [-0.39, 0.29) is 19.4 Å². The smallest absolute Gasteiger partial charge is 0.403 e. The Bertz CT molecular complexity index is 433. The standard InChI is InChI=1S/C13H14F3NO2/c14-13(15,16)11-7-6-10(17-11)12(18)19-8-9-4-2-1-3-5-9/h1-5,10-11,17H,6-8H2/t10-,11-/m0/s1. The monoisotopic (exact) mass is 273 g/mol. The van der Waals surface area contributed by atoms with Crippen LogP contribution < -0.4 is 5.32 Å². The molecule has 1 N–H and O–H groups in total. The van der Waals surface area contributed by atoms with Crippen molar-refractivity contribution in [1.82, 2.24) is 5.32 Å². The molecule has 1 saturated heterocycles. The summed E-state index contributed by atoms with van der Waals surface area (Å²) in [7, 11) is 0. The summed E-state index contributed by atoms with van der Waals surface area (Å²) in [5, 5.41) is 2.27. The Morgan fingerprint density at radius 2 is 1.95 bits per heavy atom. The molecule has 0 unspecified atom stereocenters. The molecule has 0 saturated carbocycles. The lowest BCUT2D eigenvalue weighted by Gasteiger charge is -2.16. The van der Waals surface area contributed by atoms with E-state index < -0.39 is 24.2 Å². The van der Waals surface area contributed by atoms with Gasteiger partial charge in [0.2, 0.25) is 0 Å². The number of halogens is 3. The molecule has 0 radical (unpaired) electrons. The molecule has 0 spiro atoms. The van der Waals surface area contributed by atoms with Gasteiger partial charge >= 0.3 is 12.1 Å². The average molecular weight is 273 g/mol. The molecule has 6 heteroatoms. The number of alkyl halides is 3. The SMILES string of the molecule is O=C(OCc1ccccc1)[C@@H]1CC[C@@H](C(F)(F)F)N1. The fraction of sp³-hybridized carbons (Fsp3) is 0.462. The number of esters is 1. The molecule has 0 aliphatic carbocycles. The lowest BCUT2D eigenvalue weighted by Crippen LogP contribution is -2.43. The van der Waals surface area contributed by atoms with E-state index in [0.717, 1.165) is 5.56 Å². The van der Waals surface area contributed by atoms with E-state index in [0.29, 0.717) is 0 Å². The molecule has 2 rings (SSSR count). The van der Waals surface area contributed by atoms with Gasteiger partial charge in [-0.3, -0.25) is 10.1 Å². The maximum atomic E-state index is 12.4. The van der Waals surface area contributed by atoms with E-state index in [2.05, 4.69) is 5.32 Å². The zero-order valence-electron chi connectivity index (χ0n) is 10.1. The van der Waals surface area contributed by atoms with Gasteiger partial charge < -0.3 is 4.74 Å². The average Bonchev–Trinajstić information content (AvgIpc) is 2.87. The van der Waals surface area contributed by atoms with Crippen LogP contribution in [0, 0.1) is 0 Å². The predicted octanol–water partition coefficient (Wildman–Crippen LogP) is 2.41. The topological polar surface area (TPSA) is 38.3 Å². The molecule has 1 aromatic rings. The van der Waals surface area contributed by atoms with E-state index in [4.69, 9.17) is 4.74 Å². The van der Waals surface area contributed by atoms with Crippen molar-refractivity contribution in [3.05, 3.63) is 35.9 Å². The highest BCUT2D eigenvalue weighted by molar-refractivity contribution is 5.76. The summed E-state index contributed by atoms with van der Waals surface area (Å²) < 4.78 is 42.3. The highest BCUT2D eigenvalue weighted by atomic mass is 19.4. The summed E-state index contributed by atoms with van der Waals surface area (Å²) in [6.07, 6.45) is -4.25. The van der Waals surface area contributed by atoms with Crippen LogP contribution in [0.3, 0.4) is 0 Å². The first-order valence-electron chi connectivity index (χ1n) is 6.00. The maximum absolute atomic E-state index is 12.4. The van der Waals surface area contributed by atoms with Crippen molar-refractivity contribution < 1.29 is 22.7 Å². The fourth-order valence-electron chi connectivity index (χ4n) is 2.02. The van der Waals surface area contributed by atoms with Crippen LogP contribution in [0.1, 0.15) is 18.4 Å². The van der Waals surface area contributed by atoms with E-state index in [9.17, 15) is 18.0 Å². The molecule has 1 aromatic carbocycles. The number of hydrogen-bond acceptors (Lipinski definition) is 3. The van der Waals surface area contributed by atoms with Gasteiger partial charge in [-0.2, -0.15) is 13.2 Å². The summed E-state index contributed by atoms with van der Waals surface area (Å²) in [5.41, 5.74) is 0.807. The Labute approximate surface area is 108 Å². The van der Waals surface area contributed by atoms with Crippen molar-refractivity contribution in [2.24, 2.45) is 0 Å². The van der Waals surface area contributed by atoms with Crippen LogP contribution in [0.2, 0.25) is 0 Å². The van der Waals surface area contributed by atoms with E-state index in [1.807, 2.05) is 6.07 Å². The van der Waals surface area contributed by atoms with Crippen LogP contribution in [-0.4, -0.2) is 24.2 Å². The van der Waals surface area contributed by atoms with Gasteiger partial charge in [0.15, 0.2) is 0 Å². The molecule has 104 valence electrons. The van der Waals surface area contributed by atoms with Crippen molar-refractivity contribution in [1.29, 1.82) is 0 Å². The Morgan fingerprint density at radius 1 is 1.26 bits per heavy atom. The van der Waals surface area contributed by atoms with Gasteiger partial charge in [0.25, 0.3) is 0 Å². The Kier molecular flexibility index (Phi) is 4.09. The molecule has 19 heavy (non-hydrogen) atoms. The molecule has 0 bridgehead atoms. The summed E-state index contributed by atoms with van der Waals surface area (Å²) in [6, 6.07) is 6.53. The van der Waals surface area contributed by atoms with Crippen molar-refractivity contribution in [3.8, 4) is 0 Å². The minimum Gasteiger partial charge on any atom is -0.460 e. The first kappa shape index (κ1) is 13.9. The van der Waals surface area contributed by atoms with Crippen molar-refractivity contribution in [2.75, 3.05) is 0 Å². The van der Waals surface area contributed by atoms with Gasteiger partial charge in [0.05, 0.1) is 0 Å². The molecule has 1 heterocycles. The fourth-order valence-corrected chi connectivity index (χ4v) is 2.02. The highest BCUT2D eigenvalue weighted by Gasteiger charge is 2.45. The second-order valence-electron chi connectivity index (χ2n) is 4.48. The summed E-state index contributed by atoms with van der Waals surface area (Å²) in [6.45, 7) is 0.0779. The van der Waals surface area contributed by atoms with Gasteiger partial charge in [-0.1, -0.05) is 30.3 Å². The highest BCUT2D eigenvalue weighted by Crippen LogP contribution is 2.28. The first-order chi connectivity index (χ1) is 8.97. The van der Waals surface area contributed by atoms with Gasteiger partial charge in [-0.15, -0.1) is 0 Å². The third-order valence-electron chi connectivity index (χ3n) is 3.05. The van der Waals surface area contributed by atoms with Crippen LogP contribution in [0.15, 0.2) is 30.3 Å². The molecule has 3 nitrogen and oxygen atoms in total. The molecular formula is C13H14F3NO2. The minimum atomic E-state index is -4.31. The number of hydrogen-bond donors (Lipinski definition) is 1. The van der Waals surface area contributed by atoms with Gasteiger partial charge in [0, 0.05) is 0 Å². The summed E-state index contributed by atoms with van der Waals surface area (Å²) >= 11 is 0. The molecule has 0 aromatic heterocycles. The maximum Gasteiger partial charge on any atom is 0.403 e. The molecule has 0 amide bonds. The second-order valence-corrected chi connectivity index (χ2v) is 4.48. The molecule has 1 aliphatic rings. The van der Waals surface area contributed by atoms with E-state index in [1.54, 1.807) is 24.3 Å². The molecule has 1 fully saturated rings.